The Kier molecular flexibility index (Phi) is 14.4. The first-order valence-corrected chi connectivity index (χ1v) is 18.5. The molecule has 0 saturated carbocycles. The van der Waals surface area contributed by atoms with Gasteiger partial charge in [0.2, 0.25) is 23.6 Å². The molecule has 2 aromatic carbocycles. The molecule has 1 unspecified atom stereocenters. The first-order chi connectivity index (χ1) is 24.8. The molecule has 12 heteroatoms. The van der Waals surface area contributed by atoms with Crippen molar-refractivity contribution in [1.29, 1.82) is 0 Å². The summed E-state index contributed by atoms with van der Waals surface area (Å²) < 4.78 is 5.73. The second-order valence-electron chi connectivity index (χ2n) is 14.7. The number of nitrogens with one attached hydrogen (secondary N) is 2. The van der Waals surface area contributed by atoms with Gasteiger partial charge in [-0.3, -0.25) is 28.8 Å². The van der Waals surface area contributed by atoms with E-state index in [2.05, 4.69) is 10.6 Å². The number of likely N-dealkylation sites (N-methyl/N-ethyl adjacent to an activating group) is 2. The largest absolute Gasteiger partial charge is 0.452 e. The molecule has 5 atom stereocenters. The molecule has 2 saturated heterocycles. The average Bonchev–Trinajstić information content (AvgIpc) is 3.61. The molecule has 2 fully saturated rings. The van der Waals surface area contributed by atoms with Crippen LogP contribution in [0.3, 0.4) is 0 Å². The Labute approximate surface area is 307 Å². The molecule has 4 rings (SSSR count). The predicted molar refractivity (Wildman–Crippen MR) is 196 cm³/mol. The SMILES string of the molecule is CC(C)C[C@@H]1OC(=O)CCCNC(=O)[C@H](Cc2ccccc2)N(C)C(=O)[C@H](C(C)C)N(C)C(=O)C(Cc2ccccc2)NC(=O)[C@@H]2CCCN2C1=O. The fraction of sp³-hybridized carbons (Fsp3) is 0.550. The maximum absolute atomic E-state index is 14.5. The molecule has 282 valence electrons. The van der Waals surface area contributed by atoms with Crippen LogP contribution in [0, 0.1) is 11.8 Å². The number of cyclic esters (lactones) is 1. The standard InChI is InChI=1S/C40H55N5O7/c1-26(2)23-33-39(50)45-22-14-19-31(45)37(48)42-30(24-28-15-9-7-10-16-28)38(49)44(6)35(27(3)4)40(51)43(5)32(25-29-17-11-8-12-18-29)36(47)41-21-13-20-34(46)52-33/h7-12,15-18,26-27,30-33,35H,13-14,19-25H2,1-6H3,(H,41,47)(H,42,48)/t30?,31-,32-,33-,35-/m0/s1. The maximum atomic E-state index is 14.5. The van der Waals surface area contributed by atoms with E-state index < -0.39 is 65.8 Å². The van der Waals surface area contributed by atoms with Gasteiger partial charge in [0.15, 0.2) is 6.10 Å². The molecule has 52 heavy (non-hydrogen) atoms. The van der Waals surface area contributed by atoms with Crippen molar-refractivity contribution in [3.8, 4) is 0 Å². The third-order valence-electron chi connectivity index (χ3n) is 9.87. The molecular formula is C40H55N5O7. The zero-order valence-corrected chi connectivity index (χ0v) is 31.4. The van der Waals surface area contributed by atoms with Crippen LogP contribution in [-0.2, 0) is 46.3 Å². The van der Waals surface area contributed by atoms with Crippen LogP contribution in [-0.4, -0.2) is 108 Å². The number of rotatable bonds is 7. The lowest BCUT2D eigenvalue weighted by atomic mass is 9.97. The van der Waals surface area contributed by atoms with Gasteiger partial charge in [0.25, 0.3) is 5.91 Å². The minimum atomic E-state index is -1.07. The van der Waals surface area contributed by atoms with E-state index in [0.717, 1.165) is 11.1 Å². The number of amides is 5. The maximum Gasteiger partial charge on any atom is 0.306 e. The first kappa shape index (κ1) is 40.0. The van der Waals surface area contributed by atoms with E-state index in [9.17, 15) is 28.8 Å². The van der Waals surface area contributed by atoms with Crippen LogP contribution in [0.15, 0.2) is 60.7 Å². The van der Waals surface area contributed by atoms with Crippen molar-refractivity contribution in [1.82, 2.24) is 25.3 Å². The summed E-state index contributed by atoms with van der Waals surface area (Å²) in [5, 5.41) is 5.83. The van der Waals surface area contributed by atoms with Gasteiger partial charge in [-0.1, -0.05) is 88.4 Å². The van der Waals surface area contributed by atoms with Crippen LogP contribution in [0.1, 0.15) is 70.9 Å². The molecule has 5 amide bonds. The number of hydrogen-bond donors (Lipinski definition) is 2. The lowest BCUT2D eigenvalue weighted by Gasteiger charge is -2.38. The Balaban J connectivity index is 1.74. The summed E-state index contributed by atoms with van der Waals surface area (Å²) in [4.78, 5) is 87.9. The lowest BCUT2D eigenvalue weighted by Crippen LogP contribution is -2.60. The number of hydrogen-bond acceptors (Lipinski definition) is 7. The van der Waals surface area contributed by atoms with Crippen molar-refractivity contribution < 1.29 is 33.5 Å². The zero-order chi connectivity index (χ0) is 37.9. The Morgan fingerprint density at radius 1 is 0.750 bits per heavy atom. The predicted octanol–water partition coefficient (Wildman–Crippen LogP) is 3.13. The molecule has 0 radical (unpaired) electrons. The molecule has 0 spiro atoms. The van der Waals surface area contributed by atoms with Gasteiger partial charge >= 0.3 is 5.97 Å². The highest BCUT2D eigenvalue weighted by Crippen LogP contribution is 2.24. The van der Waals surface area contributed by atoms with Crippen molar-refractivity contribution in [2.75, 3.05) is 27.2 Å². The van der Waals surface area contributed by atoms with E-state index in [4.69, 9.17) is 4.74 Å². The molecule has 2 aliphatic heterocycles. The van der Waals surface area contributed by atoms with E-state index in [1.165, 1.54) is 14.7 Å². The molecule has 0 bridgehead atoms. The molecule has 2 heterocycles. The number of carbonyl (C=O) groups excluding carboxylic acids is 6. The second kappa shape index (κ2) is 18.7. The molecule has 2 aliphatic rings. The van der Waals surface area contributed by atoms with Crippen LogP contribution >= 0.6 is 0 Å². The number of fused-ring (bicyclic) bond motifs is 1. The summed E-state index contributed by atoms with van der Waals surface area (Å²) in [5.74, 6) is -3.12. The average molecular weight is 718 g/mol. The van der Waals surface area contributed by atoms with E-state index in [1.54, 1.807) is 14.1 Å². The van der Waals surface area contributed by atoms with Gasteiger partial charge in [-0.25, -0.2) is 0 Å². The van der Waals surface area contributed by atoms with Gasteiger partial charge < -0.3 is 30.1 Å². The second-order valence-corrected chi connectivity index (χ2v) is 14.7. The smallest absolute Gasteiger partial charge is 0.306 e. The van der Waals surface area contributed by atoms with Crippen LogP contribution in [0.25, 0.3) is 0 Å². The third kappa shape index (κ3) is 10.4. The number of benzene rings is 2. The summed E-state index contributed by atoms with van der Waals surface area (Å²) in [6.07, 6.45) is 0.771. The fourth-order valence-corrected chi connectivity index (χ4v) is 7.10. The summed E-state index contributed by atoms with van der Waals surface area (Å²) >= 11 is 0. The van der Waals surface area contributed by atoms with Crippen LogP contribution in [0.5, 0.6) is 0 Å². The van der Waals surface area contributed by atoms with Crippen LogP contribution in [0.4, 0.5) is 0 Å². The summed E-state index contributed by atoms with van der Waals surface area (Å²) in [6, 6.07) is 14.8. The molecule has 0 aliphatic carbocycles. The highest BCUT2D eigenvalue weighted by atomic mass is 16.5. The third-order valence-corrected chi connectivity index (χ3v) is 9.87. The summed E-state index contributed by atoms with van der Waals surface area (Å²) in [5.41, 5.74) is 1.65. The summed E-state index contributed by atoms with van der Waals surface area (Å²) in [6.45, 7) is 7.99. The van der Waals surface area contributed by atoms with Gasteiger partial charge in [0, 0.05) is 46.4 Å². The highest BCUT2D eigenvalue weighted by Gasteiger charge is 2.42. The Morgan fingerprint density at radius 3 is 1.96 bits per heavy atom. The van der Waals surface area contributed by atoms with Crippen LogP contribution in [0.2, 0.25) is 0 Å². The minimum Gasteiger partial charge on any atom is -0.452 e. The van der Waals surface area contributed by atoms with E-state index in [1.807, 2.05) is 88.4 Å². The van der Waals surface area contributed by atoms with Gasteiger partial charge in [-0.05, 0) is 48.6 Å². The van der Waals surface area contributed by atoms with Crippen molar-refractivity contribution in [3.05, 3.63) is 71.8 Å². The fourth-order valence-electron chi connectivity index (χ4n) is 7.10. The molecule has 2 N–H and O–H groups in total. The summed E-state index contributed by atoms with van der Waals surface area (Å²) in [7, 11) is 3.12. The number of ether oxygens (including phenoxy) is 1. The van der Waals surface area contributed by atoms with Gasteiger partial charge in [0.05, 0.1) is 0 Å². The van der Waals surface area contributed by atoms with E-state index in [-0.39, 0.29) is 50.5 Å². The number of nitrogens with zero attached hydrogens (tertiary/aromatic N) is 3. The Bertz CT molecular complexity index is 1550. The zero-order valence-electron chi connectivity index (χ0n) is 31.4. The Hall–Kier alpha value is -4.74. The van der Waals surface area contributed by atoms with Crippen molar-refractivity contribution in [2.45, 2.75) is 103 Å². The normalized spacial score (nSPS) is 24.8. The molecule has 2 aromatic rings. The number of esters is 1. The monoisotopic (exact) mass is 717 g/mol. The van der Waals surface area contributed by atoms with Crippen molar-refractivity contribution in [2.24, 2.45) is 11.8 Å². The van der Waals surface area contributed by atoms with Gasteiger partial charge in [-0.15, -0.1) is 0 Å². The molecule has 12 nitrogen and oxygen atoms in total. The van der Waals surface area contributed by atoms with Gasteiger partial charge in [-0.2, -0.15) is 0 Å². The topological polar surface area (TPSA) is 145 Å². The van der Waals surface area contributed by atoms with Crippen molar-refractivity contribution >= 4 is 35.5 Å². The lowest BCUT2D eigenvalue weighted by molar-refractivity contribution is -0.162. The minimum absolute atomic E-state index is 0.0278. The van der Waals surface area contributed by atoms with E-state index >= 15 is 0 Å². The Morgan fingerprint density at radius 2 is 1.37 bits per heavy atom. The highest BCUT2D eigenvalue weighted by molar-refractivity contribution is 5.96. The van der Waals surface area contributed by atoms with Crippen LogP contribution < -0.4 is 10.6 Å². The number of carbonyl (C=O) groups is 6. The first-order valence-electron chi connectivity index (χ1n) is 18.5. The molecular weight excluding hydrogens is 662 g/mol. The quantitative estimate of drug-likeness (QED) is 0.419. The van der Waals surface area contributed by atoms with E-state index in [0.29, 0.717) is 19.4 Å². The molecule has 0 aromatic heterocycles. The van der Waals surface area contributed by atoms with Gasteiger partial charge in [0.1, 0.15) is 24.2 Å². The van der Waals surface area contributed by atoms with Crippen molar-refractivity contribution in [3.63, 3.8) is 0 Å².